The van der Waals surface area contributed by atoms with Crippen LogP contribution < -0.4 is 0 Å². The number of hydrogen-bond donors (Lipinski definition) is 0. The third-order valence-electron chi connectivity index (χ3n) is 4.04. The molecule has 2 heterocycles. The van der Waals surface area contributed by atoms with Crippen molar-refractivity contribution in [2.24, 2.45) is 0 Å². The van der Waals surface area contributed by atoms with Gasteiger partial charge in [-0.05, 0) is 49.5 Å². The van der Waals surface area contributed by atoms with Crippen molar-refractivity contribution in [1.82, 2.24) is 4.98 Å². The zero-order chi connectivity index (χ0) is 12.4. The van der Waals surface area contributed by atoms with Crippen LogP contribution in [0.1, 0.15) is 49.3 Å². The lowest BCUT2D eigenvalue weighted by Crippen LogP contribution is -2.29. The van der Waals surface area contributed by atoms with E-state index in [1.165, 1.54) is 18.4 Å². The fraction of sp³-hybridized carbons (Fsp3) is 0.600. The summed E-state index contributed by atoms with van der Waals surface area (Å²) in [5.74, 6) is 1.67. The summed E-state index contributed by atoms with van der Waals surface area (Å²) in [5.41, 5.74) is 2.36. The van der Waals surface area contributed by atoms with Gasteiger partial charge in [0.1, 0.15) is 0 Å². The van der Waals surface area contributed by atoms with Gasteiger partial charge in [-0.2, -0.15) is 11.8 Å². The van der Waals surface area contributed by atoms with Crippen molar-refractivity contribution in [1.29, 1.82) is 0 Å². The molecule has 0 saturated carbocycles. The second-order valence-electron chi connectivity index (χ2n) is 5.25. The maximum Gasteiger partial charge on any atom is 0.154 e. The molecular weight excluding hydrogens is 242 g/mol. The van der Waals surface area contributed by atoms with E-state index in [4.69, 9.17) is 0 Å². The summed E-state index contributed by atoms with van der Waals surface area (Å²) in [6.07, 6.45) is 8.61. The van der Waals surface area contributed by atoms with Crippen LogP contribution in [0, 0.1) is 0 Å². The van der Waals surface area contributed by atoms with Crippen LogP contribution in [0.15, 0.2) is 18.3 Å². The third kappa shape index (κ3) is 2.33. The van der Waals surface area contributed by atoms with Crippen molar-refractivity contribution in [3.05, 3.63) is 29.6 Å². The summed E-state index contributed by atoms with van der Waals surface area (Å²) >= 11 is 1.86. The Morgan fingerprint density at radius 1 is 1.28 bits per heavy atom. The Morgan fingerprint density at radius 3 is 3.06 bits per heavy atom. The van der Waals surface area contributed by atoms with Crippen molar-refractivity contribution >= 4 is 17.5 Å². The Kier molecular flexibility index (Phi) is 3.69. The summed E-state index contributed by atoms with van der Waals surface area (Å²) in [6.45, 7) is 0. The molecule has 0 N–H and O–H groups in total. The molecule has 3 heteroatoms. The normalized spacial score (nSPS) is 27.6. The minimum absolute atomic E-state index is 0.0746. The van der Waals surface area contributed by atoms with Crippen LogP contribution in [-0.4, -0.2) is 21.8 Å². The Balaban J connectivity index is 1.82. The molecule has 1 aliphatic heterocycles. The topological polar surface area (TPSA) is 30.0 Å². The number of Topliss-reactive ketones (excluding diaryl/α,β-unsaturated/α-hetero) is 1. The van der Waals surface area contributed by atoms with Gasteiger partial charge in [0, 0.05) is 6.20 Å². The molecule has 2 unspecified atom stereocenters. The SMILES string of the molecule is O=C(C1CCCCS1)C1CCCc2cccnc21. The Hall–Kier alpha value is -0.830. The lowest BCUT2D eigenvalue weighted by Gasteiger charge is -2.28. The molecule has 2 nitrogen and oxygen atoms in total. The number of aromatic nitrogens is 1. The van der Waals surface area contributed by atoms with Gasteiger partial charge in [-0.1, -0.05) is 12.5 Å². The summed E-state index contributed by atoms with van der Waals surface area (Å²) < 4.78 is 0. The number of pyridine rings is 1. The number of ketones is 1. The fourth-order valence-electron chi connectivity index (χ4n) is 3.08. The van der Waals surface area contributed by atoms with E-state index in [1.54, 1.807) is 0 Å². The lowest BCUT2D eigenvalue weighted by atomic mass is 9.82. The van der Waals surface area contributed by atoms with Gasteiger partial charge in [-0.25, -0.2) is 0 Å². The van der Waals surface area contributed by atoms with Gasteiger partial charge < -0.3 is 0 Å². The fourth-order valence-corrected chi connectivity index (χ4v) is 4.39. The van der Waals surface area contributed by atoms with Crippen molar-refractivity contribution in [2.75, 3.05) is 5.75 Å². The first-order chi connectivity index (χ1) is 8.86. The third-order valence-corrected chi connectivity index (χ3v) is 5.43. The molecule has 96 valence electrons. The molecule has 3 rings (SSSR count). The van der Waals surface area contributed by atoms with Crippen LogP contribution in [0.2, 0.25) is 0 Å². The molecule has 1 saturated heterocycles. The molecule has 1 fully saturated rings. The highest BCUT2D eigenvalue weighted by Gasteiger charge is 2.33. The maximum atomic E-state index is 12.7. The highest BCUT2D eigenvalue weighted by molar-refractivity contribution is 8.00. The zero-order valence-corrected chi connectivity index (χ0v) is 11.4. The van der Waals surface area contributed by atoms with Gasteiger partial charge in [0.25, 0.3) is 0 Å². The van der Waals surface area contributed by atoms with Crippen LogP contribution in [0.4, 0.5) is 0 Å². The highest BCUT2D eigenvalue weighted by Crippen LogP contribution is 2.36. The van der Waals surface area contributed by atoms with E-state index in [0.717, 1.165) is 37.1 Å². The van der Waals surface area contributed by atoms with E-state index in [1.807, 2.05) is 24.0 Å². The molecular formula is C15H19NOS. The van der Waals surface area contributed by atoms with Gasteiger partial charge in [0.15, 0.2) is 5.78 Å². The molecule has 18 heavy (non-hydrogen) atoms. The number of aryl methyl sites for hydroxylation is 1. The van der Waals surface area contributed by atoms with Crippen LogP contribution in [0.25, 0.3) is 0 Å². The number of nitrogens with zero attached hydrogens (tertiary/aromatic N) is 1. The van der Waals surface area contributed by atoms with Gasteiger partial charge in [0.05, 0.1) is 16.9 Å². The average Bonchev–Trinajstić information content (AvgIpc) is 2.47. The first-order valence-corrected chi connectivity index (χ1v) is 8.00. The number of carbonyl (C=O) groups is 1. The first-order valence-electron chi connectivity index (χ1n) is 6.95. The number of thioether (sulfide) groups is 1. The Labute approximate surface area is 113 Å². The first kappa shape index (κ1) is 12.2. The van der Waals surface area contributed by atoms with Crippen LogP contribution in [0.3, 0.4) is 0 Å². The van der Waals surface area contributed by atoms with Crippen LogP contribution >= 0.6 is 11.8 Å². The van der Waals surface area contributed by atoms with E-state index in [9.17, 15) is 4.79 Å². The minimum atomic E-state index is 0.0746. The number of hydrogen-bond acceptors (Lipinski definition) is 3. The summed E-state index contributed by atoms with van der Waals surface area (Å²) in [6, 6.07) is 4.12. The van der Waals surface area contributed by atoms with E-state index in [-0.39, 0.29) is 11.2 Å². The summed E-state index contributed by atoms with van der Waals surface area (Å²) in [5, 5.41) is 0.233. The van der Waals surface area contributed by atoms with Gasteiger partial charge in [-0.3, -0.25) is 9.78 Å². The van der Waals surface area contributed by atoms with Crippen LogP contribution in [0.5, 0.6) is 0 Å². The van der Waals surface area contributed by atoms with Gasteiger partial charge >= 0.3 is 0 Å². The van der Waals surface area contributed by atoms with Crippen molar-refractivity contribution in [3.8, 4) is 0 Å². The standard InChI is InChI=1S/C15H19NOS/c17-15(13-8-1-2-10-18-13)12-7-3-5-11-6-4-9-16-14(11)12/h4,6,9,12-13H,1-3,5,7-8,10H2. The summed E-state index contributed by atoms with van der Waals surface area (Å²) in [4.78, 5) is 17.1. The molecule has 1 aromatic rings. The number of fused-ring (bicyclic) bond motifs is 1. The molecule has 1 aromatic heterocycles. The molecule has 2 aliphatic rings. The predicted octanol–water partition coefficient (Wildman–Crippen LogP) is 3.36. The van der Waals surface area contributed by atoms with E-state index in [0.29, 0.717) is 5.78 Å². The van der Waals surface area contributed by atoms with E-state index >= 15 is 0 Å². The maximum absolute atomic E-state index is 12.7. The Morgan fingerprint density at radius 2 is 2.22 bits per heavy atom. The molecule has 0 aromatic carbocycles. The molecule has 0 bridgehead atoms. The van der Waals surface area contributed by atoms with Crippen molar-refractivity contribution < 1.29 is 4.79 Å². The molecule has 2 atom stereocenters. The second kappa shape index (κ2) is 5.43. The summed E-state index contributed by atoms with van der Waals surface area (Å²) in [7, 11) is 0. The molecule has 0 radical (unpaired) electrons. The van der Waals surface area contributed by atoms with Crippen molar-refractivity contribution in [2.45, 2.75) is 49.7 Å². The van der Waals surface area contributed by atoms with Gasteiger partial charge in [0.2, 0.25) is 0 Å². The quantitative estimate of drug-likeness (QED) is 0.817. The van der Waals surface area contributed by atoms with Crippen molar-refractivity contribution in [3.63, 3.8) is 0 Å². The zero-order valence-electron chi connectivity index (χ0n) is 10.6. The minimum Gasteiger partial charge on any atom is -0.298 e. The Bertz CT molecular complexity index is 440. The largest absolute Gasteiger partial charge is 0.298 e. The van der Waals surface area contributed by atoms with E-state index in [2.05, 4.69) is 11.1 Å². The van der Waals surface area contributed by atoms with Crippen LogP contribution in [-0.2, 0) is 11.2 Å². The number of rotatable bonds is 2. The predicted molar refractivity (Wildman–Crippen MR) is 75.0 cm³/mol. The smallest absolute Gasteiger partial charge is 0.154 e. The second-order valence-corrected chi connectivity index (χ2v) is 6.56. The average molecular weight is 261 g/mol. The monoisotopic (exact) mass is 261 g/mol. The molecule has 0 amide bonds. The lowest BCUT2D eigenvalue weighted by molar-refractivity contribution is -0.120. The highest BCUT2D eigenvalue weighted by atomic mass is 32.2. The van der Waals surface area contributed by atoms with E-state index < -0.39 is 0 Å². The number of carbonyl (C=O) groups excluding carboxylic acids is 1. The molecule has 0 spiro atoms. The van der Waals surface area contributed by atoms with Gasteiger partial charge in [-0.15, -0.1) is 0 Å². The molecule has 1 aliphatic carbocycles.